The number of aromatic nitrogens is 1. The smallest absolute Gasteiger partial charge is 0.216 e. The molecule has 6 aromatic rings. The maximum atomic E-state index is 6.51. The van der Waals surface area contributed by atoms with E-state index in [4.69, 9.17) is 4.42 Å². The highest BCUT2D eigenvalue weighted by atomic mass is 16.3. The molecular weight excluding hydrogens is 510 g/mol. The topological polar surface area (TPSA) is 17.0 Å². The minimum absolute atomic E-state index is 0.0184. The third kappa shape index (κ3) is 3.54. The average molecular weight is 549 g/mol. The van der Waals surface area contributed by atoms with E-state index in [1.54, 1.807) is 11.1 Å². The monoisotopic (exact) mass is 548 g/mol. The van der Waals surface area contributed by atoms with Crippen molar-refractivity contribution in [2.45, 2.75) is 63.7 Å². The molecule has 1 saturated carbocycles. The van der Waals surface area contributed by atoms with Crippen LogP contribution in [0.3, 0.4) is 0 Å². The van der Waals surface area contributed by atoms with Crippen LogP contribution in [0.15, 0.2) is 102 Å². The summed E-state index contributed by atoms with van der Waals surface area (Å²) >= 11 is 0. The molecule has 0 radical (unpaired) electrons. The Kier molecular flexibility index (Phi) is 5.57. The maximum absolute atomic E-state index is 6.51. The second-order valence-corrected chi connectivity index (χ2v) is 13.2. The molecule has 0 saturated heterocycles. The van der Waals surface area contributed by atoms with Gasteiger partial charge in [0.15, 0.2) is 6.20 Å². The molecule has 0 aliphatic heterocycles. The summed E-state index contributed by atoms with van der Waals surface area (Å²) in [5.74, 6) is 0. The Morgan fingerprint density at radius 2 is 1.38 bits per heavy atom. The number of aryl methyl sites for hydroxylation is 2. The molecule has 1 spiro atoms. The number of furan rings is 1. The minimum Gasteiger partial charge on any atom is -0.455 e. The van der Waals surface area contributed by atoms with Crippen LogP contribution in [0.1, 0.15) is 73.8 Å². The largest absolute Gasteiger partial charge is 0.455 e. The van der Waals surface area contributed by atoms with E-state index in [-0.39, 0.29) is 10.8 Å². The van der Waals surface area contributed by atoms with Gasteiger partial charge in [-0.25, -0.2) is 4.57 Å². The molecule has 2 heterocycles. The SMILES string of the molecule is Cc1ccc2c(oc3ccccc32)c1-c1cc(-c2ccc3c(c2)C2(CCCCC2)c2ccccc2C3(C)C)cc[n+]1C. The lowest BCUT2D eigenvalue weighted by Crippen LogP contribution is -2.41. The van der Waals surface area contributed by atoms with Gasteiger partial charge in [-0.1, -0.05) is 99.8 Å². The van der Waals surface area contributed by atoms with Gasteiger partial charge < -0.3 is 4.42 Å². The summed E-state index contributed by atoms with van der Waals surface area (Å²) in [5, 5.41) is 2.34. The number of benzene rings is 4. The molecule has 208 valence electrons. The molecule has 42 heavy (non-hydrogen) atoms. The van der Waals surface area contributed by atoms with E-state index >= 15 is 0 Å². The summed E-state index contributed by atoms with van der Waals surface area (Å²) in [6, 6.07) is 34.1. The predicted molar refractivity (Wildman–Crippen MR) is 173 cm³/mol. The van der Waals surface area contributed by atoms with E-state index in [2.05, 4.69) is 124 Å². The number of nitrogens with zero attached hydrogens (tertiary/aromatic N) is 1. The van der Waals surface area contributed by atoms with Gasteiger partial charge in [-0.05, 0) is 70.8 Å². The zero-order valence-corrected chi connectivity index (χ0v) is 25.1. The Bertz CT molecular complexity index is 2020. The van der Waals surface area contributed by atoms with E-state index in [1.807, 2.05) is 6.07 Å². The van der Waals surface area contributed by atoms with Crippen molar-refractivity contribution in [3.05, 3.63) is 125 Å². The Morgan fingerprint density at radius 3 is 2.21 bits per heavy atom. The molecule has 2 aliphatic rings. The van der Waals surface area contributed by atoms with Crippen LogP contribution < -0.4 is 4.57 Å². The third-order valence-corrected chi connectivity index (χ3v) is 10.5. The molecule has 0 N–H and O–H groups in total. The Morgan fingerprint density at radius 1 is 0.667 bits per heavy atom. The summed E-state index contributed by atoms with van der Waals surface area (Å²) in [4.78, 5) is 0. The van der Waals surface area contributed by atoms with Gasteiger partial charge in [0.1, 0.15) is 18.2 Å². The fraction of sp³-hybridized carbons (Fsp3) is 0.275. The van der Waals surface area contributed by atoms with E-state index in [0.717, 1.165) is 11.2 Å². The van der Waals surface area contributed by atoms with Crippen molar-refractivity contribution in [1.29, 1.82) is 0 Å². The van der Waals surface area contributed by atoms with E-state index in [1.165, 1.54) is 82.0 Å². The van der Waals surface area contributed by atoms with E-state index in [9.17, 15) is 0 Å². The molecule has 0 unspecified atom stereocenters. The van der Waals surface area contributed by atoms with Crippen LogP contribution in [0, 0.1) is 6.92 Å². The molecule has 2 nitrogen and oxygen atoms in total. The van der Waals surface area contributed by atoms with Gasteiger partial charge >= 0.3 is 0 Å². The first-order valence-corrected chi connectivity index (χ1v) is 15.5. The first-order valence-electron chi connectivity index (χ1n) is 15.5. The van der Waals surface area contributed by atoms with Crippen molar-refractivity contribution in [1.82, 2.24) is 0 Å². The summed E-state index contributed by atoms with van der Waals surface area (Å²) in [7, 11) is 2.14. The van der Waals surface area contributed by atoms with Crippen molar-refractivity contribution in [3.63, 3.8) is 0 Å². The van der Waals surface area contributed by atoms with Gasteiger partial charge in [0.25, 0.3) is 0 Å². The Balaban J connectivity index is 1.33. The van der Waals surface area contributed by atoms with E-state index < -0.39 is 0 Å². The lowest BCUT2D eigenvalue weighted by Gasteiger charge is -2.49. The van der Waals surface area contributed by atoms with Crippen LogP contribution in [0.2, 0.25) is 0 Å². The number of fused-ring (bicyclic) bond motifs is 7. The molecule has 0 atom stereocenters. The molecule has 8 rings (SSSR count). The molecule has 0 bridgehead atoms. The van der Waals surface area contributed by atoms with Gasteiger partial charge in [0, 0.05) is 33.7 Å². The summed E-state index contributed by atoms with van der Waals surface area (Å²) in [6.45, 7) is 7.02. The molecule has 0 amide bonds. The molecule has 2 aromatic heterocycles. The second-order valence-electron chi connectivity index (χ2n) is 13.2. The fourth-order valence-electron chi connectivity index (χ4n) is 8.30. The highest BCUT2D eigenvalue weighted by Gasteiger charge is 2.47. The third-order valence-electron chi connectivity index (χ3n) is 10.5. The molecule has 2 heteroatoms. The first kappa shape index (κ1) is 25.5. The van der Waals surface area contributed by atoms with Crippen LogP contribution in [0.4, 0.5) is 0 Å². The molecule has 2 aliphatic carbocycles. The van der Waals surface area contributed by atoms with Gasteiger partial charge in [0.05, 0.1) is 5.56 Å². The summed E-state index contributed by atoms with van der Waals surface area (Å²) in [6.07, 6.45) is 8.61. The number of hydrogen-bond donors (Lipinski definition) is 0. The number of pyridine rings is 1. The summed E-state index contributed by atoms with van der Waals surface area (Å²) < 4.78 is 8.75. The van der Waals surface area contributed by atoms with Gasteiger partial charge in [0.2, 0.25) is 5.69 Å². The van der Waals surface area contributed by atoms with Crippen LogP contribution in [-0.4, -0.2) is 0 Å². The zero-order valence-electron chi connectivity index (χ0n) is 25.1. The highest BCUT2D eigenvalue weighted by Crippen LogP contribution is 2.56. The quantitative estimate of drug-likeness (QED) is 0.197. The first-order chi connectivity index (χ1) is 20.4. The van der Waals surface area contributed by atoms with Crippen molar-refractivity contribution < 1.29 is 8.98 Å². The van der Waals surface area contributed by atoms with Crippen LogP contribution in [-0.2, 0) is 17.9 Å². The van der Waals surface area contributed by atoms with Crippen molar-refractivity contribution >= 4 is 21.9 Å². The van der Waals surface area contributed by atoms with Gasteiger partial charge in [-0.2, -0.15) is 0 Å². The minimum atomic E-state index is -0.0184. The van der Waals surface area contributed by atoms with Crippen LogP contribution in [0.5, 0.6) is 0 Å². The normalized spacial score (nSPS) is 17.0. The molecular formula is C40H38NO+. The van der Waals surface area contributed by atoms with Crippen LogP contribution in [0.25, 0.3) is 44.3 Å². The molecule has 4 aromatic carbocycles. The van der Waals surface area contributed by atoms with Crippen molar-refractivity contribution in [2.24, 2.45) is 7.05 Å². The Hall–Kier alpha value is -4.17. The highest BCUT2D eigenvalue weighted by molar-refractivity contribution is 6.09. The predicted octanol–water partition coefficient (Wildman–Crippen LogP) is 9.94. The standard InChI is InChI=1S/C40H38NO/c1-26-16-18-30-29-12-6-9-15-36(29)42-38(30)37(26)35-25-28(20-23-41(35)4)27-17-19-32-34(24-27)40(21-10-5-11-22-40)33-14-8-7-13-31(33)39(32,2)3/h6-9,12-20,23-25H,5,10-11,21-22H2,1-4H3/q+1. The zero-order chi connectivity index (χ0) is 28.6. The number of para-hydroxylation sites is 1. The summed E-state index contributed by atoms with van der Waals surface area (Å²) in [5.41, 5.74) is 14.2. The van der Waals surface area contributed by atoms with Crippen molar-refractivity contribution in [3.8, 4) is 22.4 Å². The van der Waals surface area contributed by atoms with E-state index in [0.29, 0.717) is 0 Å². The Labute approximate surface area is 248 Å². The lowest BCUT2D eigenvalue weighted by atomic mass is 9.54. The maximum Gasteiger partial charge on any atom is 0.216 e. The molecule has 1 fully saturated rings. The average Bonchev–Trinajstić information content (AvgIpc) is 3.40. The second kappa shape index (κ2) is 9.16. The lowest BCUT2D eigenvalue weighted by molar-refractivity contribution is -0.660. The number of hydrogen-bond acceptors (Lipinski definition) is 1. The van der Waals surface area contributed by atoms with Crippen molar-refractivity contribution in [2.75, 3.05) is 0 Å². The fourth-order valence-corrected chi connectivity index (χ4v) is 8.30. The van der Waals surface area contributed by atoms with Crippen LogP contribution >= 0.6 is 0 Å². The number of rotatable bonds is 2. The van der Waals surface area contributed by atoms with Gasteiger partial charge in [-0.3, -0.25) is 0 Å². The van der Waals surface area contributed by atoms with Gasteiger partial charge in [-0.15, -0.1) is 0 Å².